The minimum Gasteiger partial charge on any atom is -0.490 e. The summed E-state index contributed by atoms with van der Waals surface area (Å²) in [4.78, 5) is 16.0. The maximum absolute atomic E-state index is 11.7. The highest BCUT2D eigenvalue weighted by Crippen LogP contribution is 2.36. The van der Waals surface area contributed by atoms with Crippen LogP contribution in [0.5, 0.6) is 5.75 Å². The lowest BCUT2D eigenvalue weighted by Crippen LogP contribution is -2.50. The van der Waals surface area contributed by atoms with Crippen molar-refractivity contribution in [2.45, 2.75) is 63.7 Å². The number of carbonyl (C=O) groups excluding carboxylic acids is 1. The van der Waals surface area contributed by atoms with E-state index in [0.717, 1.165) is 44.8 Å². The molecular weight excluding hydrogens is 390 g/mol. The Hall–Kier alpha value is -2.05. The van der Waals surface area contributed by atoms with E-state index < -0.39 is 0 Å². The summed E-state index contributed by atoms with van der Waals surface area (Å²) in [5.41, 5.74) is 1.31. The summed E-state index contributed by atoms with van der Waals surface area (Å²) in [7, 11) is 0. The SMILES string of the molecule is CC(=O)N1CCOC(CN2CCC(Oc3cccc4c3ccn4C3CCCC3)CC2)C1. The smallest absolute Gasteiger partial charge is 0.219 e. The minimum absolute atomic E-state index is 0.124. The Kier molecular flexibility index (Phi) is 6.19. The van der Waals surface area contributed by atoms with E-state index in [1.165, 1.54) is 36.6 Å². The lowest BCUT2D eigenvalue weighted by molar-refractivity contribution is -0.137. The maximum Gasteiger partial charge on any atom is 0.219 e. The normalized spacial score (nSPS) is 24.2. The Morgan fingerprint density at radius 1 is 1.10 bits per heavy atom. The molecule has 2 saturated heterocycles. The van der Waals surface area contributed by atoms with Crippen LogP contribution in [-0.2, 0) is 9.53 Å². The monoisotopic (exact) mass is 425 g/mol. The van der Waals surface area contributed by atoms with Crippen LogP contribution in [0.2, 0.25) is 0 Å². The van der Waals surface area contributed by atoms with E-state index in [9.17, 15) is 4.79 Å². The molecular formula is C25H35N3O3. The quantitative estimate of drug-likeness (QED) is 0.730. The van der Waals surface area contributed by atoms with Gasteiger partial charge in [0.25, 0.3) is 0 Å². The van der Waals surface area contributed by atoms with Crippen molar-refractivity contribution in [3.63, 3.8) is 0 Å². The average molecular weight is 426 g/mol. The van der Waals surface area contributed by atoms with Crippen molar-refractivity contribution >= 4 is 16.8 Å². The second-order valence-electron chi connectivity index (χ2n) is 9.43. The number of hydrogen-bond acceptors (Lipinski definition) is 4. The molecule has 3 heterocycles. The van der Waals surface area contributed by atoms with Crippen molar-refractivity contribution < 1.29 is 14.3 Å². The van der Waals surface area contributed by atoms with Crippen LogP contribution < -0.4 is 4.74 Å². The minimum atomic E-state index is 0.124. The van der Waals surface area contributed by atoms with Crippen LogP contribution in [0.15, 0.2) is 30.5 Å². The van der Waals surface area contributed by atoms with Crippen molar-refractivity contribution in [2.75, 3.05) is 39.3 Å². The zero-order valence-corrected chi connectivity index (χ0v) is 18.7. The van der Waals surface area contributed by atoms with Gasteiger partial charge in [-0.3, -0.25) is 4.79 Å². The van der Waals surface area contributed by atoms with Gasteiger partial charge in [-0.25, -0.2) is 0 Å². The van der Waals surface area contributed by atoms with Crippen molar-refractivity contribution in [3.05, 3.63) is 30.5 Å². The Balaban J connectivity index is 1.16. The van der Waals surface area contributed by atoms with Crippen LogP contribution in [0.3, 0.4) is 0 Å². The van der Waals surface area contributed by atoms with E-state index in [2.05, 4.69) is 39.9 Å². The van der Waals surface area contributed by atoms with Crippen LogP contribution >= 0.6 is 0 Å². The number of carbonyl (C=O) groups is 1. The molecule has 5 rings (SSSR count). The Labute approximate surface area is 185 Å². The molecule has 0 N–H and O–H groups in total. The summed E-state index contributed by atoms with van der Waals surface area (Å²) in [6, 6.07) is 9.38. The number of likely N-dealkylation sites (tertiary alicyclic amines) is 1. The zero-order valence-electron chi connectivity index (χ0n) is 18.7. The van der Waals surface area contributed by atoms with E-state index in [1.807, 2.05) is 4.90 Å². The van der Waals surface area contributed by atoms with Gasteiger partial charge >= 0.3 is 0 Å². The fraction of sp³-hybridized carbons (Fsp3) is 0.640. The molecule has 6 heteroatoms. The number of amides is 1. The molecule has 1 atom stereocenters. The summed E-state index contributed by atoms with van der Waals surface area (Å²) in [6.45, 7) is 6.66. The lowest BCUT2D eigenvalue weighted by atomic mass is 10.1. The molecule has 1 amide bonds. The van der Waals surface area contributed by atoms with Crippen LogP contribution in [0.25, 0.3) is 10.9 Å². The third-order valence-electron chi connectivity index (χ3n) is 7.32. The first-order chi connectivity index (χ1) is 15.2. The predicted molar refractivity (Wildman–Crippen MR) is 122 cm³/mol. The second-order valence-corrected chi connectivity index (χ2v) is 9.43. The molecule has 1 aromatic carbocycles. The van der Waals surface area contributed by atoms with Gasteiger partial charge < -0.3 is 23.8 Å². The molecule has 1 unspecified atom stereocenters. The molecule has 2 aliphatic heterocycles. The summed E-state index contributed by atoms with van der Waals surface area (Å²) >= 11 is 0. The van der Waals surface area contributed by atoms with Gasteiger partial charge in [0.05, 0.1) is 18.2 Å². The van der Waals surface area contributed by atoms with Gasteiger partial charge in [-0.2, -0.15) is 0 Å². The van der Waals surface area contributed by atoms with Gasteiger partial charge in [0, 0.05) is 57.3 Å². The van der Waals surface area contributed by atoms with Crippen molar-refractivity contribution in [2.24, 2.45) is 0 Å². The first-order valence-electron chi connectivity index (χ1n) is 12.0. The van der Waals surface area contributed by atoms with Crippen LogP contribution in [0.4, 0.5) is 0 Å². The molecule has 1 aromatic heterocycles. The van der Waals surface area contributed by atoms with Gasteiger partial charge in [-0.1, -0.05) is 18.9 Å². The fourth-order valence-corrected chi connectivity index (χ4v) is 5.56. The number of hydrogen-bond donors (Lipinski definition) is 0. The molecule has 1 aliphatic carbocycles. The molecule has 2 aromatic rings. The summed E-state index contributed by atoms with van der Waals surface area (Å²) in [5, 5.41) is 1.25. The lowest BCUT2D eigenvalue weighted by Gasteiger charge is -2.38. The fourth-order valence-electron chi connectivity index (χ4n) is 5.56. The highest BCUT2D eigenvalue weighted by Gasteiger charge is 2.27. The first-order valence-corrected chi connectivity index (χ1v) is 12.0. The third kappa shape index (κ3) is 4.60. The van der Waals surface area contributed by atoms with Crippen molar-refractivity contribution in [1.82, 2.24) is 14.4 Å². The van der Waals surface area contributed by atoms with Crippen molar-refractivity contribution in [1.29, 1.82) is 0 Å². The topological polar surface area (TPSA) is 46.9 Å². The number of morpholine rings is 1. The summed E-state index contributed by atoms with van der Waals surface area (Å²) in [6.07, 6.45) is 9.98. The largest absolute Gasteiger partial charge is 0.490 e. The van der Waals surface area contributed by atoms with Crippen LogP contribution in [-0.4, -0.2) is 71.8 Å². The number of piperidine rings is 1. The Bertz CT molecular complexity index is 897. The van der Waals surface area contributed by atoms with E-state index in [4.69, 9.17) is 9.47 Å². The molecule has 168 valence electrons. The molecule has 31 heavy (non-hydrogen) atoms. The number of rotatable bonds is 5. The van der Waals surface area contributed by atoms with Gasteiger partial charge in [0.1, 0.15) is 11.9 Å². The average Bonchev–Trinajstić information content (AvgIpc) is 3.45. The second kappa shape index (κ2) is 9.21. The number of ether oxygens (including phenoxy) is 2. The molecule has 3 aliphatic rings. The van der Waals surface area contributed by atoms with Crippen LogP contribution in [0, 0.1) is 0 Å². The van der Waals surface area contributed by atoms with E-state index >= 15 is 0 Å². The molecule has 0 radical (unpaired) electrons. The van der Waals surface area contributed by atoms with E-state index in [0.29, 0.717) is 19.2 Å². The van der Waals surface area contributed by atoms with Gasteiger partial charge in [0.2, 0.25) is 5.91 Å². The predicted octanol–water partition coefficient (Wildman–Crippen LogP) is 3.85. The highest BCUT2D eigenvalue weighted by molar-refractivity contribution is 5.86. The molecule has 1 saturated carbocycles. The van der Waals surface area contributed by atoms with Gasteiger partial charge in [-0.15, -0.1) is 0 Å². The zero-order chi connectivity index (χ0) is 21.2. The van der Waals surface area contributed by atoms with Gasteiger partial charge in [-0.05, 0) is 43.9 Å². The molecule has 6 nitrogen and oxygen atoms in total. The Morgan fingerprint density at radius 2 is 1.90 bits per heavy atom. The Morgan fingerprint density at radius 3 is 2.68 bits per heavy atom. The molecule has 0 bridgehead atoms. The molecule has 3 fully saturated rings. The number of nitrogens with zero attached hydrogens (tertiary/aromatic N) is 3. The standard InChI is InChI=1S/C25H35N3O3/c1-19(29)27-15-16-30-22(18-27)17-26-12-9-21(10-13-26)31-25-8-4-7-24-23(25)11-14-28(24)20-5-2-3-6-20/h4,7-8,11,14,20-22H,2-3,5-6,9-10,12-13,15-18H2,1H3. The van der Waals surface area contributed by atoms with E-state index in [1.54, 1.807) is 6.92 Å². The van der Waals surface area contributed by atoms with E-state index in [-0.39, 0.29) is 18.1 Å². The third-order valence-corrected chi connectivity index (χ3v) is 7.32. The van der Waals surface area contributed by atoms with Crippen LogP contribution in [0.1, 0.15) is 51.5 Å². The summed E-state index contributed by atoms with van der Waals surface area (Å²) < 4.78 is 14.9. The highest BCUT2D eigenvalue weighted by atomic mass is 16.5. The van der Waals surface area contributed by atoms with Gasteiger partial charge in [0.15, 0.2) is 0 Å². The number of benzene rings is 1. The first kappa shape index (κ1) is 20.8. The van der Waals surface area contributed by atoms with Crippen molar-refractivity contribution in [3.8, 4) is 5.75 Å². The summed E-state index contributed by atoms with van der Waals surface area (Å²) in [5.74, 6) is 1.18. The maximum atomic E-state index is 11.7. The molecule has 0 spiro atoms. The number of fused-ring (bicyclic) bond motifs is 1. The number of aromatic nitrogens is 1.